The van der Waals surface area contributed by atoms with Gasteiger partial charge >= 0.3 is 6.03 Å². The van der Waals surface area contributed by atoms with Crippen molar-refractivity contribution in [2.45, 2.75) is 0 Å². The maximum atomic E-state index is 12.8. The lowest BCUT2D eigenvalue weighted by atomic mass is 10.2. The molecule has 4 rings (SSSR count). The zero-order valence-corrected chi connectivity index (χ0v) is 12.5. The molecule has 0 radical (unpaired) electrons. The SMILES string of the molecule is O=C1NNC2=CC(=O)N(c3ccccc3)c3c(Cl)cccc3N12. The summed E-state index contributed by atoms with van der Waals surface area (Å²) in [6, 6.07) is 14.0. The fourth-order valence-electron chi connectivity index (χ4n) is 2.71. The quantitative estimate of drug-likeness (QED) is 0.847. The highest BCUT2D eigenvalue weighted by Gasteiger charge is 2.36. The van der Waals surface area contributed by atoms with E-state index >= 15 is 0 Å². The van der Waals surface area contributed by atoms with Crippen molar-refractivity contribution in [3.8, 4) is 0 Å². The van der Waals surface area contributed by atoms with Crippen LogP contribution in [0.2, 0.25) is 5.02 Å². The molecule has 1 saturated heterocycles. The highest BCUT2D eigenvalue weighted by Crippen LogP contribution is 2.43. The standard InChI is InChI=1S/C16H11ClN4O2/c17-11-7-4-8-12-15(11)20(10-5-2-1-3-6-10)14(22)9-13-18-19-16(23)21(12)13/h1-9,18H,(H,19,23). The summed E-state index contributed by atoms with van der Waals surface area (Å²) in [6.45, 7) is 0. The number of nitrogens with zero attached hydrogens (tertiary/aromatic N) is 2. The number of fused-ring (bicyclic) bond motifs is 3. The number of hydrogen-bond acceptors (Lipinski definition) is 3. The van der Waals surface area contributed by atoms with Crippen LogP contribution in [0.3, 0.4) is 0 Å². The molecule has 0 spiro atoms. The van der Waals surface area contributed by atoms with Crippen LogP contribution in [0.25, 0.3) is 0 Å². The lowest BCUT2D eigenvalue weighted by molar-refractivity contribution is -0.113. The van der Waals surface area contributed by atoms with E-state index in [0.29, 0.717) is 27.9 Å². The van der Waals surface area contributed by atoms with Crippen molar-refractivity contribution in [2.24, 2.45) is 0 Å². The zero-order chi connectivity index (χ0) is 16.0. The van der Waals surface area contributed by atoms with Gasteiger partial charge in [0.25, 0.3) is 5.91 Å². The first-order valence-corrected chi connectivity index (χ1v) is 7.30. The number of rotatable bonds is 1. The van der Waals surface area contributed by atoms with Crippen molar-refractivity contribution >= 4 is 40.6 Å². The predicted molar refractivity (Wildman–Crippen MR) is 87.3 cm³/mol. The topological polar surface area (TPSA) is 64.7 Å². The van der Waals surface area contributed by atoms with Crippen LogP contribution in [-0.4, -0.2) is 11.9 Å². The van der Waals surface area contributed by atoms with Gasteiger partial charge in [-0.1, -0.05) is 35.9 Å². The van der Waals surface area contributed by atoms with E-state index in [2.05, 4.69) is 10.9 Å². The van der Waals surface area contributed by atoms with Gasteiger partial charge in [0.15, 0.2) is 0 Å². The minimum atomic E-state index is -0.373. The molecule has 1 fully saturated rings. The van der Waals surface area contributed by atoms with Crippen molar-refractivity contribution in [1.29, 1.82) is 0 Å². The van der Waals surface area contributed by atoms with Crippen LogP contribution in [0.1, 0.15) is 0 Å². The Bertz CT molecular complexity index is 850. The summed E-state index contributed by atoms with van der Waals surface area (Å²) in [5.74, 6) is 0.0639. The Hall–Kier alpha value is -2.99. The van der Waals surface area contributed by atoms with E-state index in [1.165, 1.54) is 15.9 Å². The molecule has 2 aromatic rings. The molecule has 0 aromatic heterocycles. The van der Waals surface area contributed by atoms with Gasteiger partial charge in [0.05, 0.1) is 16.4 Å². The number of benzene rings is 2. The van der Waals surface area contributed by atoms with Crippen LogP contribution in [0.15, 0.2) is 60.4 Å². The fraction of sp³-hybridized carbons (Fsp3) is 0. The Morgan fingerprint density at radius 3 is 2.43 bits per heavy atom. The average Bonchev–Trinajstić information content (AvgIpc) is 2.84. The molecule has 0 aliphatic carbocycles. The third-order valence-corrected chi connectivity index (χ3v) is 3.97. The second-order valence-electron chi connectivity index (χ2n) is 5.04. The van der Waals surface area contributed by atoms with E-state index in [-0.39, 0.29) is 11.9 Å². The van der Waals surface area contributed by atoms with E-state index in [4.69, 9.17) is 11.6 Å². The number of urea groups is 1. The van der Waals surface area contributed by atoms with Crippen LogP contribution >= 0.6 is 11.6 Å². The van der Waals surface area contributed by atoms with Crippen molar-refractivity contribution < 1.29 is 9.59 Å². The number of nitrogens with one attached hydrogen (secondary N) is 2. The van der Waals surface area contributed by atoms with Gasteiger partial charge in [0, 0.05) is 11.8 Å². The van der Waals surface area contributed by atoms with Gasteiger partial charge in [0.2, 0.25) is 0 Å². The third-order valence-electron chi connectivity index (χ3n) is 3.67. The van der Waals surface area contributed by atoms with Gasteiger partial charge in [-0.15, -0.1) is 0 Å². The number of hydrogen-bond donors (Lipinski definition) is 2. The van der Waals surface area contributed by atoms with Gasteiger partial charge in [-0.25, -0.2) is 15.1 Å². The zero-order valence-electron chi connectivity index (χ0n) is 11.8. The molecule has 0 atom stereocenters. The number of carbonyl (C=O) groups excluding carboxylic acids is 2. The lowest BCUT2D eigenvalue weighted by Crippen LogP contribution is -2.30. The minimum absolute atomic E-state index is 0.299. The third kappa shape index (κ3) is 2.03. The molecule has 2 N–H and O–H groups in total. The average molecular weight is 327 g/mol. The van der Waals surface area contributed by atoms with E-state index < -0.39 is 0 Å². The molecule has 2 aliphatic heterocycles. The maximum absolute atomic E-state index is 12.8. The van der Waals surface area contributed by atoms with E-state index in [1.807, 2.05) is 30.3 Å². The van der Waals surface area contributed by atoms with Gasteiger partial charge < -0.3 is 0 Å². The smallest absolute Gasteiger partial charge is 0.281 e. The first-order chi connectivity index (χ1) is 11.2. The Balaban J connectivity index is 2.01. The summed E-state index contributed by atoms with van der Waals surface area (Å²) in [4.78, 5) is 27.8. The van der Waals surface area contributed by atoms with Crippen LogP contribution in [-0.2, 0) is 4.79 Å². The summed E-state index contributed by atoms with van der Waals surface area (Å²) in [5, 5.41) is 0.383. The molecule has 114 valence electrons. The van der Waals surface area contributed by atoms with Crippen molar-refractivity contribution in [2.75, 3.05) is 9.80 Å². The summed E-state index contributed by atoms with van der Waals surface area (Å²) < 4.78 is 0. The summed E-state index contributed by atoms with van der Waals surface area (Å²) in [6.07, 6.45) is 1.36. The normalized spacial score (nSPS) is 16.1. The summed E-state index contributed by atoms with van der Waals surface area (Å²) in [5.41, 5.74) is 6.86. The molecule has 7 heteroatoms. The van der Waals surface area contributed by atoms with Gasteiger partial charge in [-0.3, -0.25) is 15.1 Å². The Kier molecular flexibility index (Phi) is 2.99. The van der Waals surface area contributed by atoms with Crippen LogP contribution in [0, 0.1) is 0 Å². The first-order valence-electron chi connectivity index (χ1n) is 6.92. The van der Waals surface area contributed by atoms with Gasteiger partial charge in [0.1, 0.15) is 5.82 Å². The lowest BCUT2D eigenvalue weighted by Gasteiger charge is -2.25. The Morgan fingerprint density at radius 1 is 0.870 bits per heavy atom. The molecule has 2 aromatic carbocycles. The molecule has 2 heterocycles. The molecule has 6 nitrogen and oxygen atoms in total. The van der Waals surface area contributed by atoms with Crippen LogP contribution in [0.5, 0.6) is 0 Å². The molecule has 2 aliphatic rings. The number of carbonyl (C=O) groups is 2. The fourth-order valence-corrected chi connectivity index (χ4v) is 2.96. The van der Waals surface area contributed by atoms with Gasteiger partial charge in [-0.2, -0.15) is 0 Å². The number of anilines is 3. The largest absolute Gasteiger partial charge is 0.346 e. The van der Waals surface area contributed by atoms with Crippen molar-refractivity contribution in [3.05, 3.63) is 65.5 Å². The second-order valence-corrected chi connectivity index (χ2v) is 5.44. The molecular weight excluding hydrogens is 316 g/mol. The molecule has 23 heavy (non-hydrogen) atoms. The van der Waals surface area contributed by atoms with Crippen molar-refractivity contribution in [1.82, 2.24) is 10.9 Å². The molecule has 0 bridgehead atoms. The summed E-state index contributed by atoms with van der Waals surface area (Å²) in [7, 11) is 0. The number of para-hydroxylation sites is 2. The monoisotopic (exact) mass is 326 g/mol. The van der Waals surface area contributed by atoms with E-state index in [1.54, 1.807) is 18.2 Å². The molecular formula is C16H11ClN4O2. The van der Waals surface area contributed by atoms with Crippen LogP contribution < -0.4 is 20.7 Å². The number of amides is 3. The summed E-state index contributed by atoms with van der Waals surface area (Å²) >= 11 is 6.37. The minimum Gasteiger partial charge on any atom is -0.281 e. The predicted octanol–water partition coefficient (Wildman–Crippen LogP) is 2.89. The van der Waals surface area contributed by atoms with Crippen molar-refractivity contribution in [3.63, 3.8) is 0 Å². The maximum Gasteiger partial charge on any atom is 0.346 e. The first kappa shape index (κ1) is 13.7. The highest BCUT2D eigenvalue weighted by atomic mass is 35.5. The molecule has 3 amide bonds. The number of halogens is 1. The molecule has 0 saturated carbocycles. The number of hydrazine groups is 1. The highest BCUT2D eigenvalue weighted by molar-refractivity contribution is 6.36. The van der Waals surface area contributed by atoms with E-state index in [0.717, 1.165) is 0 Å². The Morgan fingerprint density at radius 2 is 1.65 bits per heavy atom. The molecule has 0 unspecified atom stereocenters. The van der Waals surface area contributed by atoms with Crippen LogP contribution in [0.4, 0.5) is 21.9 Å². The van der Waals surface area contributed by atoms with E-state index in [9.17, 15) is 9.59 Å². The second kappa shape index (κ2) is 5.03. The van der Waals surface area contributed by atoms with Gasteiger partial charge in [-0.05, 0) is 24.3 Å². The Labute approximate surface area is 136 Å².